The Hall–Kier alpha value is -2.31. The molecule has 0 spiro atoms. The van der Waals surface area contributed by atoms with E-state index in [1.807, 2.05) is 44.2 Å². The molecule has 0 aliphatic rings. The van der Waals surface area contributed by atoms with E-state index in [1.54, 1.807) is 18.2 Å². The monoisotopic (exact) mass is 430 g/mol. The molecule has 0 aliphatic carbocycles. The van der Waals surface area contributed by atoms with Gasteiger partial charge in [0.05, 0.1) is 12.7 Å². The fourth-order valence-corrected chi connectivity index (χ4v) is 4.34. The summed E-state index contributed by atoms with van der Waals surface area (Å²) in [5, 5.41) is 0.0471. The van der Waals surface area contributed by atoms with Crippen LogP contribution in [0.3, 0.4) is 0 Å². The van der Waals surface area contributed by atoms with Crippen LogP contribution >= 0.6 is 0 Å². The molecule has 0 saturated heterocycles. The lowest BCUT2D eigenvalue weighted by atomic mass is 10.2. The molecule has 0 aromatic heterocycles. The molecular weight excluding hydrogens is 396 g/mol. The summed E-state index contributed by atoms with van der Waals surface area (Å²) in [5.74, 6) is -0.299. The first kappa shape index (κ1) is 24.0. The van der Waals surface area contributed by atoms with Gasteiger partial charge in [-0.05, 0) is 49.7 Å². The van der Waals surface area contributed by atoms with Gasteiger partial charge in [0.1, 0.15) is 18.1 Å². The topological polar surface area (TPSA) is 54.0 Å². The average molecular weight is 431 g/mol. The highest BCUT2D eigenvalue weighted by molar-refractivity contribution is 6.74. The van der Waals surface area contributed by atoms with E-state index in [2.05, 4.69) is 33.9 Å². The van der Waals surface area contributed by atoms with E-state index in [-0.39, 0.29) is 5.04 Å². The van der Waals surface area contributed by atoms with Gasteiger partial charge in [-0.3, -0.25) is 0 Å². The minimum absolute atomic E-state index is 0.0471. The third kappa shape index (κ3) is 6.60. The van der Waals surface area contributed by atoms with Crippen molar-refractivity contribution in [2.75, 3.05) is 7.11 Å². The quantitative estimate of drug-likeness (QED) is 0.284. The van der Waals surface area contributed by atoms with Crippen molar-refractivity contribution in [3.05, 3.63) is 59.7 Å². The number of carbonyl (C=O) groups is 1. The summed E-state index contributed by atoms with van der Waals surface area (Å²) >= 11 is 0. The van der Waals surface area contributed by atoms with Crippen LogP contribution in [-0.2, 0) is 15.8 Å². The predicted molar refractivity (Wildman–Crippen MR) is 122 cm³/mol. The summed E-state index contributed by atoms with van der Waals surface area (Å²) in [7, 11) is -0.705. The van der Waals surface area contributed by atoms with Crippen LogP contribution in [0.15, 0.2) is 48.5 Å². The number of methoxy groups -OCH3 is 1. The molecule has 2 rings (SSSR count). The molecule has 0 radical (unpaired) electrons. The predicted octanol–water partition coefficient (Wildman–Crippen LogP) is 6.19. The maximum absolute atomic E-state index is 12.2. The van der Waals surface area contributed by atoms with E-state index in [9.17, 15) is 4.79 Å². The van der Waals surface area contributed by atoms with Crippen LogP contribution in [0.25, 0.3) is 0 Å². The first-order chi connectivity index (χ1) is 13.8. The molecule has 0 bridgehead atoms. The molecule has 30 heavy (non-hydrogen) atoms. The van der Waals surface area contributed by atoms with Crippen LogP contribution in [0.1, 0.15) is 50.5 Å². The van der Waals surface area contributed by atoms with E-state index in [0.29, 0.717) is 23.7 Å². The highest BCUT2D eigenvalue weighted by Gasteiger charge is 2.42. The van der Waals surface area contributed by atoms with Crippen LogP contribution in [0, 0.1) is 0 Å². The van der Waals surface area contributed by atoms with Gasteiger partial charge in [-0.1, -0.05) is 51.1 Å². The van der Waals surface area contributed by atoms with Crippen molar-refractivity contribution in [1.82, 2.24) is 0 Å². The first-order valence-electron chi connectivity index (χ1n) is 10.1. The average Bonchev–Trinajstić information content (AvgIpc) is 2.64. The number of ether oxygens (including phenoxy) is 3. The van der Waals surface area contributed by atoms with Gasteiger partial charge in [-0.15, -0.1) is 0 Å². The summed E-state index contributed by atoms with van der Waals surface area (Å²) in [6.07, 6.45) is 0. The maximum atomic E-state index is 12.2. The molecule has 0 unspecified atom stereocenters. The van der Waals surface area contributed by atoms with Crippen LogP contribution in [-0.4, -0.2) is 27.2 Å². The van der Waals surface area contributed by atoms with Crippen molar-refractivity contribution in [3.8, 4) is 11.5 Å². The molecule has 0 N–H and O–H groups in total. The Kier molecular flexibility index (Phi) is 7.37. The Labute approximate surface area is 181 Å². The van der Waals surface area contributed by atoms with E-state index < -0.39 is 20.1 Å². The minimum Gasteiger partial charge on any atom is -0.489 e. The fourth-order valence-electron chi connectivity index (χ4n) is 2.76. The fraction of sp³-hybridized carbons (Fsp3) is 0.458. The van der Waals surface area contributed by atoms with Gasteiger partial charge < -0.3 is 18.6 Å². The lowest BCUT2D eigenvalue weighted by Crippen LogP contribution is -2.49. The summed E-state index contributed by atoms with van der Waals surface area (Å²) in [6, 6.07) is 14.9. The lowest BCUT2D eigenvalue weighted by Gasteiger charge is -2.42. The molecular formula is C24H34O5Si. The van der Waals surface area contributed by atoms with Gasteiger partial charge >= 0.3 is 5.97 Å². The summed E-state index contributed by atoms with van der Waals surface area (Å²) in [5.41, 5.74) is 1.39. The maximum Gasteiger partial charge on any atom is 0.338 e. The van der Waals surface area contributed by atoms with Gasteiger partial charge in [0.15, 0.2) is 14.1 Å². The number of esters is 1. The van der Waals surface area contributed by atoms with Gasteiger partial charge in [0, 0.05) is 6.07 Å². The first-order valence-corrected chi connectivity index (χ1v) is 13.0. The van der Waals surface area contributed by atoms with Crippen LogP contribution in [0.5, 0.6) is 11.5 Å². The summed E-state index contributed by atoms with van der Waals surface area (Å²) in [4.78, 5) is 12.2. The Morgan fingerprint density at radius 3 is 2.10 bits per heavy atom. The van der Waals surface area contributed by atoms with Gasteiger partial charge in [-0.25, -0.2) is 4.79 Å². The Bertz CT molecular complexity index is 854. The van der Waals surface area contributed by atoms with Crippen molar-refractivity contribution in [1.29, 1.82) is 0 Å². The molecule has 2 aromatic carbocycles. The summed E-state index contributed by atoms with van der Waals surface area (Å²) < 4.78 is 23.4. The normalized spacial score (nSPS) is 12.4. The Morgan fingerprint density at radius 2 is 1.53 bits per heavy atom. The van der Waals surface area contributed by atoms with Gasteiger partial charge in [-0.2, -0.15) is 0 Å². The van der Waals surface area contributed by atoms with Crippen LogP contribution in [0.4, 0.5) is 0 Å². The SMILES string of the molecule is COC(=O)c1cc(OCc2ccccc2)cc(OC(C)(C)O[Si](C)(C)C(C)(C)C)c1. The van der Waals surface area contributed by atoms with Crippen molar-refractivity contribution < 1.29 is 23.4 Å². The molecule has 0 fully saturated rings. The van der Waals surface area contributed by atoms with Crippen molar-refractivity contribution in [2.45, 2.75) is 65.1 Å². The molecule has 0 atom stereocenters. The number of carbonyl (C=O) groups excluding carboxylic acids is 1. The number of rotatable bonds is 8. The van der Waals surface area contributed by atoms with Gasteiger partial charge in [0.25, 0.3) is 0 Å². The van der Waals surface area contributed by atoms with Crippen molar-refractivity contribution in [2.24, 2.45) is 0 Å². The smallest absolute Gasteiger partial charge is 0.338 e. The Balaban J connectivity index is 2.26. The van der Waals surface area contributed by atoms with E-state index >= 15 is 0 Å². The van der Waals surface area contributed by atoms with E-state index in [4.69, 9.17) is 18.6 Å². The molecule has 6 heteroatoms. The molecule has 0 aliphatic heterocycles. The third-order valence-electron chi connectivity index (χ3n) is 5.22. The second-order valence-electron chi connectivity index (χ2n) is 9.32. The molecule has 0 heterocycles. The van der Waals surface area contributed by atoms with E-state index in [1.165, 1.54) is 7.11 Å². The standard InChI is InChI=1S/C24H34O5Si/c1-23(2,3)30(7,8)29-24(4,5)28-21-15-19(22(25)26-6)14-20(16-21)27-17-18-12-10-9-11-13-18/h9-16H,17H2,1-8H3. The van der Waals surface area contributed by atoms with Crippen LogP contribution < -0.4 is 9.47 Å². The van der Waals surface area contributed by atoms with E-state index in [0.717, 1.165) is 5.56 Å². The highest BCUT2D eigenvalue weighted by Crippen LogP contribution is 2.40. The highest BCUT2D eigenvalue weighted by atomic mass is 28.4. The molecule has 0 saturated carbocycles. The van der Waals surface area contributed by atoms with Crippen molar-refractivity contribution in [3.63, 3.8) is 0 Å². The molecule has 2 aromatic rings. The lowest BCUT2D eigenvalue weighted by molar-refractivity contribution is -0.0915. The third-order valence-corrected chi connectivity index (χ3v) is 9.83. The minimum atomic E-state index is -2.06. The zero-order valence-electron chi connectivity index (χ0n) is 19.4. The second-order valence-corrected chi connectivity index (χ2v) is 14.0. The molecule has 5 nitrogen and oxygen atoms in total. The number of hydrogen-bond acceptors (Lipinski definition) is 5. The molecule has 0 amide bonds. The number of hydrogen-bond donors (Lipinski definition) is 0. The largest absolute Gasteiger partial charge is 0.489 e. The molecule has 164 valence electrons. The Morgan fingerprint density at radius 1 is 0.933 bits per heavy atom. The number of benzene rings is 2. The zero-order valence-corrected chi connectivity index (χ0v) is 20.4. The van der Waals surface area contributed by atoms with Crippen molar-refractivity contribution >= 4 is 14.3 Å². The second kappa shape index (κ2) is 9.23. The summed E-state index contributed by atoms with van der Waals surface area (Å²) in [6.45, 7) is 15.1. The zero-order chi connectivity index (χ0) is 22.6. The van der Waals surface area contributed by atoms with Gasteiger partial charge in [0.2, 0.25) is 0 Å². The van der Waals surface area contributed by atoms with Crippen LogP contribution in [0.2, 0.25) is 18.1 Å².